The van der Waals surface area contributed by atoms with Gasteiger partial charge in [-0.05, 0) is 42.0 Å². The summed E-state index contributed by atoms with van der Waals surface area (Å²) in [5, 5.41) is 13.7. The van der Waals surface area contributed by atoms with Gasteiger partial charge >= 0.3 is 6.36 Å². The summed E-state index contributed by atoms with van der Waals surface area (Å²) >= 11 is 0. The quantitative estimate of drug-likeness (QED) is 0.594. The summed E-state index contributed by atoms with van der Waals surface area (Å²) in [5.41, 5.74) is 2.07. The monoisotopic (exact) mass is 469 g/mol. The van der Waals surface area contributed by atoms with Gasteiger partial charge < -0.3 is 20.1 Å². The van der Waals surface area contributed by atoms with Crippen molar-refractivity contribution >= 4 is 24.0 Å². The number of morpholine rings is 1. The van der Waals surface area contributed by atoms with Crippen LogP contribution >= 0.6 is 12.4 Å². The normalized spacial score (nSPS) is 16.2. The zero-order valence-corrected chi connectivity index (χ0v) is 17.3. The highest BCUT2D eigenvalue weighted by atomic mass is 35.5. The Hall–Kier alpha value is -3.15. The summed E-state index contributed by atoms with van der Waals surface area (Å²) in [6.07, 6.45) is -3.41. The van der Waals surface area contributed by atoms with Crippen LogP contribution in [0.5, 0.6) is 5.75 Å². The minimum atomic E-state index is -4.77. The van der Waals surface area contributed by atoms with E-state index < -0.39 is 12.3 Å². The summed E-state index contributed by atoms with van der Waals surface area (Å²) < 4.78 is 47.6. The zero-order chi connectivity index (χ0) is 21.8. The van der Waals surface area contributed by atoms with E-state index in [1.807, 2.05) is 12.1 Å². The van der Waals surface area contributed by atoms with Crippen LogP contribution in [0.25, 0.3) is 5.69 Å². The number of aromatic nitrogens is 3. The number of alkyl halides is 3. The van der Waals surface area contributed by atoms with E-state index in [-0.39, 0.29) is 30.0 Å². The molecule has 3 aromatic rings. The molecule has 170 valence electrons. The number of nitrogens with zero attached hydrogens (tertiary/aromatic N) is 3. The van der Waals surface area contributed by atoms with Gasteiger partial charge in [0.05, 0.1) is 24.6 Å². The number of amides is 1. The fourth-order valence-electron chi connectivity index (χ4n) is 3.05. The Kier molecular flexibility index (Phi) is 7.33. The number of hydrogen-bond acceptors (Lipinski definition) is 6. The molecule has 1 saturated heterocycles. The first-order chi connectivity index (χ1) is 14.9. The van der Waals surface area contributed by atoms with Gasteiger partial charge in [-0.2, -0.15) is 0 Å². The summed E-state index contributed by atoms with van der Waals surface area (Å²) in [6, 6.07) is 12.4. The Morgan fingerprint density at radius 2 is 1.88 bits per heavy atom. The zero-order valence-electron chi connectivity index (χ0n) is 16.5. The van der Waals surface area contributed by atoms with E-state index in [9.17, 15) is 18.0 Å². The van der Waals surface area contributed by atoms with Crippen molar-refractivity contribution < 1.29 is 27.4 Å². The highest BCUT2D eigenvalue weighted by Crippen LogP contribution is 2.24. The number of benzene rings is 2. The summed E-state index contributed by atoms with van der Waals surface area (Å²) in [6.45, 7) is 2.21. The largest absolute Gasteiger partial charge is 0.573 e. The van der Waals surface area contributed by atoms with E-state index in [2.05, 4.69) is 25.7 Å². The molecule has 1 atom stereocenters. The molecule has 4 rings (SSSR count). The molecule has 32 heavy (non-hydrogen) atoms. The summed E-state index contributed by atoms with van der Waals surface area (Å²) in [4.78, 5) is 12.4. The maximum absolute atomic E-state index is 12.4. The lowest BCUT2D eigenvalue weighted by atomic mass is 10.1. The van der Waals surface area contributed by atoms with E-state index in [0.717, 1.165) is 30.8 Å². The van der Waals surface area contributed by atoms with Crippen LogP contribution in [-0.2, 0) is 4.74 Å². The van der Waals surface area contributed by atoms with Gasteiger partial charge in [0, 0.05) is 18.8 Å². The van der Waals surface area contributed by atoms with Crippen LogP contribution in [-0.4, -0.2) is 47.0 Å². The van der Waals surface area contributed by atoms with E-state index >= 15 is 0 Å². The third-order valence-electron chi connectivity index (χ3n) is 4.53. The number of halogens is 4. The van der Waals surface area contributed by atoms with Crippen LogP contribution in [0.3, 0.4) is 0 Å². The number of nitrogens with one attached hydrogen (secondary N) is 2. The molecule has 12 heteroatoms. The SMILES string of the molecule is Cl.O=C(Nc1ccc([C@H]2CNCCO2)cc1)c1cn(-c2ccc(OC(F)(F)F)cc2)nn1. The Labute approximate surface area is 187 Å². The molecular weight excluding hydrogens is 451 g/mol. The molecule has 0 unspecified atom stereocenters. The first-order valence-corrected chi connectivity index (χ1v) is 9.39. The number of carbonyl (C=O) groups is 1. The van der Waals surface area contributed by atoms with Crippen molar-refractivity contribution in [3.8, 4) is 11.4 Å². The second-order valence-electron chi connectivity index (χ2n) is 6.73. The molecular formula is C20H19ClF3N5O3. The molecule has 2 aromatic carbocycles. The molecule has 1 amide bonds. The molecule has 2 heterocycles. The smallest absolute Gasteiger partial charge is 0.406 e. The van der Waals surface area contributed by atoms with E-state index in [1.165, 1.54) is 23.0 Å². The lowest BCUT2D eigenvalue weighted by Crippen LogP contribution is -2.33. The van der Waals surface area contributed by atoms with E-state index in [1.54, 1.807) is 12.1 Å². The third kappa shape index (κ3) is 5.96. The van der Waals surface area contributed by atoms with Gasteiger partial charge in [0.15, 0.2) is 5.69 Å². The van der Waals surface area contributed by atoms with Crippen molar-refractivity contribution in [1.82, 2.24) is 20.3 Å². The molecule has 1 aliphatic rings. The van der Waals surface area contributed by atoms with Crippen LogP contribution in [0.4, 0.5) is 18.9 Å². The Bertz CT molecular complexity index is 1040. The number of ether oxygens (including phenoxy) is 2. The van der Waals surface area contributed by atoms with Gasteiger partial charge in [0.1, 0.15) is 5.75 Å². The molecule has 0 saturated carbocycles. The molecule has 8 nitrogen and oxygen atoms in total. The molecule has 0 radical (unpaired) electrons. The van der Waals surface area contributed by atoms with Gasteiger partial charge in [-0.15, -0.1) is 30.7 Å². The number of hydrogen-bond donors (Lipinski definition) is 2. The van der Waals surface area contributed by atoms with Gasteiger partial charge in [0.25, 0.3) is 5.91 Å². The Morgan fingerprint density at radius 3 is 2.50 bits per heavy atom. The Balaban J connectivity index is 0.00000289. The van der Waals surface area contributed by atoms with Crippen molar-refractivity contribution in [1.29, 1.82) is 0 Å². The van der Waals surface area contributed by atoms with Crippen LogP contribution in [0.15, 0.2) is 54.7 Å². The highest BCUT2D eigenvalue weighted by Gasteiger charge is 2.31. The molecule has 0 spiro atoms. The number of rotatable bonds is 5. The van der Waals surface area contributed by atoms with Crippen molar-refractivity contribution in [2.75, 3.05) is 25.0 Å². The molecule has 1 aliphatic heterocycles. The second-order valence-corrected chi connectivity index (χ2v) is 6.73. The van der Waals surface area contributed by atoms with Gasteiger partial charge in [-0.25, -0.2) is 4.68 Å². The molecule has 1 aromatic heterocycles. The lowest BCUT2D eigenvalue weighted by molar-refractivity contribution is -0.274. The molecule has 1 fully saturated rings. The summed E-state index contributed by atoms with van der Waals surface area (Å²) in [5.74, 6) is -0.821. The van der Waals surface area contributed by atoms with Gasteiger partial charge in [0.2, 0.25) is 0 Å². The summed E-state index contributed by atoms with van der Waals surface area (Å²) in [7, 11) is 0. The van der Waals surface area contributed by atoms with Crippen LogP contribution in [0.2, 0.25) is 0 Å². The number of carbonyl (C=O) groups excluding carboxylic acids is 1. The van der Waals surface area contributed by atoms with Gasteiger partial charge in [-0.3, -0.25) is 4.79 Å². The Morgan fingerprint density at radius 1 is 1.16 bits per heavy atom. The van der Waals surface area contributed by atoms with E-state index in [0.29, 0.717) is 18.0 Å². The fourth-order valence-corrected chi connectivity index (χ4v) is 3.05. The molecule has 2 N–H and O–H groups in total. The average molecular weight is 470 g/mol. The van der Waals surface area contributed by atoms with Crippen molar-refractivity contribution in [2.45, 2.75) is 12.5 Å². The second kappa shape index (κ2) is 9.98. The van der Waals surface area contributed by atoms with Gasteiger partial charge in [-0.1, -0.05) is 17.3 Å². The maximum atomic E-state index is 12.4. The van der Waals surface area contributed by atoms with Crippen molar-refractivity contribution in [2.24, 2.45) is 0 Å². The topological polar surface area (TPSA) is 90.3 Å². The maximum Gasteiger partial charge on any atom is 0.573 e. The average Bonchev–Trinajstić information content (AvgIpc) is 3.25. The molecule has 0 aliphatic carbocycles. The van der Waals surface area contributed by atoms with Crippen molar-refractivity contribution in [3.63, 3.8) is 0 Å². The van der Waals surface area contributed by atoms with Crippen LogP contribution < -0.4 is 15.4 Å². The molecule has 0 bridgehead atoms. The predicted octanol–water partition coefficient (Wildman–Crippen LogP) is 3.50. The highest BCUT2D eigenvalue weighted by molar-refractivity contribution is 6.02. The van der Waals surface area contributed by atoms with Crippen LogP contribution in [0.1, 0.15) is 22.2 Å². The third-order valence-corrected chi connectivity index (χ3v) is 4.53. The first kappa shape index (κ1) is 23.5. The van der Waals surface area contributed by atoms with Crippen molar-refractivity contribution in [3.05, 3.63) is 66.0 Å². The number of anilines is 1. The lowest BCUT2D eigenvalue weighted by Gasteiger charge is -2.24. The first-order valence-electron chi connectivity index (χ1n) is 9.39. The standard InChI is InChI=1S/C20H18F3N5O3.ClH/c21-20(22,23)31-16-7-5-15(6-8-16)28-12-17(26-27-28)19(29)25-14-3-1-13(2-4-14)18-11-24-9-10-30-18;/h1-8,12,18,24H,9-11H2,(H,25,29);1H/t18-;/m1./s1. The van der Waals surface area contributed by atoms with E-state index in [4.69, 9.17) is 4.74 Å². The minimum absolute atomic E-state index is 0. The fraction of sp³-hybridized carbons (Fsp3) is 0.250. The van der Waals surface area contributed by atoms with Crippen LogP contribution in [0, 0.1) is 0 Å². The minimum Gasteiger partial charge on any atom is -0.406 e. The predicted molar refractivity (Wildman–Crippen MR) is 111 cm³/mol.